The first-order valence-corrected chi connectivity index (χ1v) is 10.7. The predicted molar refractivity (Wildman–Crippen MR) is 117 cm³/mol. The molecule has 4 aromatic rings. The summed E-state index contributed by atoms with van der Waals surface area (Å²) in [4.78, 5) is 18.4. The van der Waals surface area contributed by atoms with Crippen LogP contribution in [0.4, 0.5) is 5.69 Å². The van der Waals surface area contributed by atoms with E-state index in [0.717, 1.165) is 40.0 Å². The van der Waals surface area contributed by atoms with Crippen molar-refractivity contribution in [3.8, 4) is 5.69 Å². The van der Waals surface area contributed by atoms with E-state index in [2.05, 4.69) is 15.4 Å². The zero-order valence-corrected chi connectivity index (χ0v) is 17.3. The highest BCUT2D eigenvalue weighted by atomic mass is 32.2. The Morgan fingerprint density at radius 2 is 1.87 bits per heavy atom. The lowest BCUT2D eigenvalue weighted by Crippen LogP contribution is -2.14. The fourth-order valence-electron chi connectivity index (χ4n) is 3.42. The number of rotatable bonds is 6. The summed E-state index contributed by atoms with van der Waals surface area (Å²) in [5.74, 6) is 0.272. The molecule has 2 heterocycles. The molecule has 1 fully saturated rings. The molecule has 0 unspecified atom stereocenters. The third-order valence-corrected chi connectivity index (χ3v) is 6.20. The molecule has 2 aromatic carbocycles. The van der Waals surface area contributed by atoms with Crippen molar-refractivity contribution in [2.24, 2.45) is 7.05 Å². The van der Waals surface area contributed by atoms with Crippen LogP contribution in [-0.2, 0) is 7.05 Å². The molecule has 6 nitrogen and oxygen atoms in total. The van der Waals surface area contributed by atoms with Gasteiger partial charge in [0.2, 0.25) is 0 Å². The Balaban J connectivity index is 1.34. The van der Waals surface area contributed by atoms with Gasteiger partial charge in [-0.15, -0.1) is 0 Å². The van der Waals surface area contributed by atoms with E-state index >= 15 is 0 Å². The minimum Gasteiger partial charge on any atom is -0.329 e. The molecule has 1 N–H and O–H groups in total. The molecular weight excluding hydrogens is 394 g/mol. The number of hydrogen-bond donors (Lipinski definition) is 1. The fraction of sp³-hybridized carbons (Fsp3) is 0.174. The number of aryl methyl sites for hydroxylation is 1. The number of aromatic nitrogens is 4. The molecule has 1 saturated carbocycles. The van der Waals surface area contributed by atoms with Crippen LogP contribution in [0.3, 0.4) is 0 Å². The molecule has 2 aromatic heterocycles. The fourth-order valence-corrected chi connectivity index (χ4v) is 4.22. The average Bonchev–Trinajstić information content (AvgIpc) is 3.38. The Morgan fingerprint density at radius 3 is 2.53 bits per heavy atom. The van der Waals surface area contributed by atoms with E-state index in [1.165, 1.54) is 0 Å². The lowest BCUT2D eigenvalue weighted by atomic mass is 10.1. The number of para-hydroxylation sites is 1. The maximum Gasteiger partial charge on any atom is 0.259 e. The number of anilines is 1. The van der Waals surface area contributed by atoms with Crippen LogP contribution in [0.2, 0.25) is 0 Å². The number of nitrogens with one attached hydrogen (secondary N) is 1. The highest BCUT2D eigenvalue weighted by Crippen LogP contribution is 2.42. The number of hydrogen-bond acceptors (Lipinski definition) is 4. The highest BCUT2D eigenvalue weighted by Gasteiger charge is 2.32. The van der Waals surface area contributed by atoms with Crippen molar-refractivity contribution in [2.75, 3.05) is 5.32 Å². The summed E-state index contributed by atoms with van der Waals surface area (Å²) < 4.78 is 3.88. The quantitative estimate of drug-likeness (QED) is 0.487. The third-order valence-electron chi connectivity index (χ3n) is 5.11. The van der Waals surface area contributed by atoms with Gasteiger partial charge in [-0.05, 0) is 49.2 Å². The van der Waals surface area contributed by atoms with E-state index in [4.69, 9.17) is 0 Å². The zero-order chi connectivity index (χ0) is 20.5. The third kappa shape index (κ3) is 3.76. The molecule has 30 heavy (non-hydrogen) atoms. The summed E-state index contributed by atoms with van der Waals surface area (Å²) in [6.07, 6.45) is 7.57. The molecule has 1 aliphatic rings. The molecular formula is C23H21N5OS. The van der Waals surface area contributed by atoms with Gasteiger partial charge in [0, 0.05) is 35.9 Å². The summed E-state index contributed by atoms with van der Waals surface area (Å²) in [6.45, 7) is 0. The van der Waals surface area contributed by atoms with Crippen molar-refractivity contribution < 1.29 is 4.79 Å². The first-order chi connectivity index (χ1) is 14.7. The Kier molecular flexibility index (Phi) is 4.88. The van der Waals surface area contributed by atoms with E-state index in [0.29, 0.717) is 11.5 Å². The van der Waals surface area contributed by atoms with Gasteiger partial charge >= 0.3 is 0 Å². The monoisotopic (exact) mass is 415 g/mol. The van der Waals surface area contributed by atoms with Crippen molar-refractivity contribution in [1.82, 2.24) is 19.3 Å². The van der Waals surface area contributed by atoms with Crippen LogP contribution in [-0.4, -0.2) is 25.2 Å². The number of benzene rings is 2. The Bertz CT molecular complexity index is 1180. The van der Waals surface area contributed by atoms with E-state index < -0.39 is 0 Å². The number of carbonyl (C=O) groups excluding carboxylic acids is 1. The lowest BCUT2D eigenvalue weighted by Gasteiger charge is -2.10. The maximum atomic E-state index is 13.0. The molecule has 0 atom stereocenters. The lowest BCUT2D eigenvalue weighted by molar-refractivity contribution is 0.102. The van der Waals surface area contributed by atoms with Crippen molar-refractivity contribution in [3.05, 3.63) is 84.4 Å². The van der Waals surface area contributed by atoms with Crippen LogP contribution >= 0.6 is 11.8 Å². The number of carbonyl (C=O) groups is 1. The van der Waals surface area contributed by atoms with Crippen LogP contribution in [0.15, 0.2) is 83.2 Å². The Hall–Kier alpha value is -3.32. The summed E-state index contributed by atoms with van der Waals surface area (Å²) in [7, 11) is 1.97. The van der Waals surface area contributed by atoms with Crippen LogP contribution in [0.5, 0.6) is 0 Å². The molecule has 150 valence electrons. The van der Waals surface area contributed by atoms with Gasteiger partial charge in [-0.2, -0.15) is 5.10 Å². The number of amides is 1. The van der Waals surface area contributed by atoms with E-state index in [-0.39, 0.29) is 5.91 Å². The molecule has 0 bridgehead atoms. The Morgan fingerprint density at radius 1 is 1.10 bits per heavy atom. The van der Waals surface area contributed by atoms with Crippen molar-refractivity contribution in [3.63, 3.8) is 0 Å². The molecule has 1 amide bonds. The summed E-state index contributed by atoms with van der Waals surface area (Å²) >= 11 is 1.59. The van der Waals surface area contributed by atoms with Gasteiger partial charge in [0.05, 0.1) is 23.1 Å². The molecule has 0 radical (unpaired) electrons. The van der Waals surface area contributed by atoms with Crippen molar-refractivity contribution >= 4 is 23.4 Å². The molecule has 0 spiro atoms. The topological polar surface area (TPSA) is 64.7 Å². The van der Waals surface area contributed by atoms with E-state index in [1.54, 1.807) is 24.2 Å². The standard InChI is InChI=1S/C23H21N5OS/c1-27-14-13-24-23(27)30-19-11-9-17(10-12-19)26-22(29)20-15-25-28(21(20)16-7-8-16)18-5-3-2-4-6-18/h2-6,9-16H,7-8H2,1H3,(H,26,29). The maximum absolute atomic E-state index is 13.0. The largest absolute Gasteiger partial charge is 0.329 e. The van der Waals surface area contributed by atoms with Gasteiger partial charge in [0.25, 0.3) is 5.91 Å². The number of nitrogens with zero attached hydrogens (tertiary/aromatic N) is 4. The Labute approximate surface area is 179 Å². The van der Waals surface area contributed by atoms with Gasteiger partial charge in [0.15, 0.2) is 5.16 Å². The van der Waals surface area contributed by atoms with Gasteiger partial charge in [-0.25, -0.2) is 9.67 Å². The van der Waals surface area contributed by atoms with E-state index in [9.17, 15) is 4.79 Å². The van der Waals surface area contributed by atoms with Crippen LogP contribution in [0.1, 0.15) is 34.8 Å². The SMILES string of the molecule is Cn1ccnc1Sc1ccc(NC(=O)c2cnn(-c3ccccc3)c2C2CC2)cc1. The zero-order valence-electron chi connectivity index (χ0n) is 16.5. The van der Waals surface area contributed by atoms with Gasteiger partial charge in [-0.1, -0.05) is 30.0 Å². The minimum atomic E-state index is -0.122. The molecule has 1 aliphatic carbocycles. The summed E-state index contributed by atoms with van der Waals surface area (Å²) in [5, 5.41) is 8.46. The van der Waals surface area contributed by atoms with Crippen LogP contribution in [0.25, 0.3) is 5.69 Å². The summed E-state index contributed by atoms with van der Waals surface area (Å²) in [5.41, 5.74) is 3.39. The van der Waals surface area contributed by atoms with Crippen LogP contribution < -0.4 is 5.32 Å². The average molecular weight is 416 g/mol. The first kappa shape index (κ1) is 18.7. The smallest absolute Gasteiger partial charge is 0.259 e. The van der Waals surface area contributed by atoms with E-state index in [1.807, 2.05) is 77.1 Å². The predicted octanol–water partition coefficient (Wildman–Crippen LogP) is 4.89. The highest BCUT2D eigenvalue weighted by molar-refractivity contribution is 7.99. The normalized spacial score (nSPS) is 13.4. The second kappa shape index (κ2) is 7.84. The van der Waals surface area contributed by atoms with Gasteiger partial charge < -0.3 is 9.88 Å². The van der Waals surface area contributed by atoms with Gasteiger partial charge in [0.1, 0.15) is 0 Å². The molecule has 7 heteroatoms. The molecule has 0 aliphatic heterocycles. The summed E-state index contributed by atoms with van der Waals surface area (Å²) in [6, 6.07) is 17.8. The number of imidazole rings is 1. The van der Waals surface area contributed by atoms with Crippen LogP contribution in [0, 0.1) is 0 Å². The second-order valence-electron chi connectivity index (χ2n) is 7.37. The minimum absolute atomic E-state index is 0.122. The second-order valence-corrected chi connectivity index (χ2v) is 8.41. The molecule has 5 rings (SSSR count). The van der Waals surface area contributed by atoms with Crippen molar-refractivity contribution in [1.29, 1.82) is 0 Å². The first-order valence-electron chi connectivity index (χ1n) is 9.89. The van der Waals surface area contributed by atoms with Gasteiger partial charge in [-0.3, -0.25) is 4.79 Å². The molecule has 0 saturated heterocycles. The van der Waals surface area contributed by atoms with Crippen molar-refractivity contribution in [2.45, 2.75) is 28.8 Å².